The number of carbonyl (C=O) groups is 1. The smallest absolute Gasteiger partial charge is 0.230 e. The number of imidazole rings is 1. The first-order chi connectivity index (χ1) is 10.3. The first-order valence-corrected chi connectivity index (χ1v) is 8.83. The summed E-state index contributed by atoms with van der Waals surface area (Å²) in [6.45, 7) is 8.97. The fourth-order valence-electron chi connectivity index (χ4n) is 1.84. The average molecular weight is 339 g/mol. The molecule has 0 unspecified atom stereocenters. The van der Waals surface area contributed by atoms with E-state index in [1.807, 2.05) is 17.7 Å². The third-order valence-electron chi connectivity index (χ3n) is 3.17. The molecule has 1 atom stereocenters. The molecule has 22 heavy (non-hydrogen) atoms. The number of hydrogen-bond acceptors (Lipinski definition) is 6. The van der Waals surface area contributed by atoms with Gasteiger partial charge in [-0.25, -0.2) is 4.98 Å². The van der Waals surface area contributed by atoms with E-state index >= 15 is 0 Å². The van der Waals surface area contributed by atoms with Crippen LogP contribution in [0, 0.1) is 12.3 Å². The molecule has 1 N–H and O–H groups in total. The van der Waals surface area contributed by atoms with Gasteiger partial charge in [-0.15, -0.1) is 10.2 Å². The van der Waals surface area contributed by atoms with Gasteiger partial charge in [-0.05, 0) is 12.3 Å². The maximum absolute atomic E-state index is 12.2. The molecule has 2 aromatic rings. The maximum atomic E-state index is 12.2. The first-order valence-electron chi connectivity index (χ1n) is 7.02. The number of nitrogens with one attached hydrogen (secondary N) is 1. The minimum atomic E-state index is -0.0378. The highest BCUT2D eigenvalue weighted by atomic mass is 32.2. The molecule has 1 amide bonds. The molecule has 2 heterocycles. The molecule has 0 aliphatic rings. The SMILES string of the molecule is Cc1nnc(SCC(=O)N[C@H](Cn2ccnc2)C(C)(C)C)s1. The van der Waals surface area contributed by atoms with Gasteiger partial charge in [0.2, 0.25) is 5.91 Å². The van der Waals surface area contributed by atoms with Gasteiger partial charge < -0.3 is 9.88 Å². The van der Waals surface area contributed by atoms with Crippen LogP contribution in [0.1, 0.15) is 25.8 Å². The molecule has 0 aromatic carbocycles. The summed E-state index contributed by atoms with van der Waals surface area (Å²) >= 11 is 2.93. The number of amides is 1. The lowest BCUT2D eigenvalue weighted by atomic mass is 9.86. The van der Waals surface area contributed by atoms with Crippen molar-refractivity contribution in [1.82, 2.24) is 25.1 Å². The van der Waals surface area contributed by atoms with E-state index in [0.29, 0.717) is 12.3 Å². The van der Waals surface area contributed by atoms with E-state index in [-0.39, 0.29) is 17.4 Å². The molecule has 2 aromatic heterocycles. The Balaban J connectivity index is 1.90. The Hall–Kier alpha value is -1.41. The van der Waals surface area contributed by atoms with E-state index in [1.54, 1.807) is 12.5 Å². The van der Waals surface area contributed by atoms with Gasteiger partial charge in [0.05, 0.1) is 18.1 Å². The quantitative estimate of drug-likeness (QED) is 0.818. The Morgan fingerprint density at radius 2 is 2.23 bits per heavy atom. The Bertz CT molecular complexity index is 603. The summed E-state index contributed by atoms with van der Waals surface area (Å²) in [4.78, 5) is 16.3. The molecule has 6 nitrogen and oxygen atoms in total. The van der Waals surface area contributed by atoms with Crippen molar-refractivity contribution in [3.8, 4) is 0 Å². The van der Waals surface area contributed by atoms with Gasteiger partial charge in [-0.2, -0.15) is 0 Å². The molecule has 0 radical (unpaired) electrons. The normalized spacial score (nSPS) is 13.1. The Kier molecular flexibility index (Phi) is 5.57. The third kappa shape index (κ3) is 5.10. The van der Waals surface area contributed by atoms with Crippen LogP contribution in [0.5, 0.6) is 0 Å². The van der Waals surface area contributed by atoms with Crippen molar-refractivity contribution < 1.29 is 4.79 Å². The van der Waals surface area contributed by atoms with Crippen LogP contribution in [0.25, 0.3) is 0 Å². The second-order valence-corrected chi connectivity index (χ2v) is 8.53. The van der Waals surface area contributed by atoms with E-state index in [9.17, 15) is 4.79 Å². The van der Waals surface area contributed by atoms with E-state index in [0.717, 1.165) is 9.35 Å². The lowest BCUT2D eigenvalue weighted by Crippen LogP contribution is -2.46. The molecule has 120 valence electrons. The van der Waals surface area contributed by atoms with Crippen molar-refractivity contribution in [3.63, 3.8) is 0 Å². The Morgan fingerprint density at radius 1 is 1.45 bits per heavy atom. The van der Waals surface area contributed by atoms with Crippen LogP contribution in [0.2, 0.25) is 0 Å². The number of hydrogen-bond donors (Lipinski definition) is 1. The number of nitrogens with zero attached hydrogens (tertiary/aromatic N) is 4. The molecule has 0 bridgehead atoms. The van der Waals surface area contributed by atoms with Crippen molar-refractivity contribution >= 4 is 29.0 Å². The molecule has 2 rings (SSSR count). The van der Waals surface area contributed by atoms with Crippen molar-refractivity contribution in [3.05, 3.63) is 23.7 Å². The van der Waals surface area contributed by atoms with Gasteiger partial charge in [0.1, 0.15) is 5.01 Å². The summed E-state index contributed by atoms with van der Waals surface area (Å²) < 4.78 is 2.81. The van der Waals surface area contributed by atoms with Gasteiger partial charge in [0.15, 0.2) is 4.34 Å². The molecule has 0 saturated carbocycles. The van der Waals surface area contributed by atoms with E-state index in [4.69, 9.17) is 0 Å². The standard InChI is InChI=1S/C14H21N5OS2/c1-10-17-18-13(22-10)21-8-12(20)16-11(14(2,3)4)7-19-6-5-15-9-19/h5-6,9,11H,7-8H2,1-4H3,(H,16,20)/t11-/m1/s1. The minimum Gasteiger partial charge on any atom is -0.350 e. The van der Waals surface area contributed by atoms with Crippen molar-refractivity contribution in [2.24, 2.45) is 5.41 Å². The maximum Gasteiger partial charge on any atom is 0.230 e. The van der Waals surface area contributed by atoms with Crippen LogP contribution in [-0.2, 0) is 11.3 Å². The molecule has 0 fully saturated rings. The monoisotopic (exact) mass is 339 g/mol. The topological polar surface area (TPSA) is 72.7 Å². The van der Waals surface area contributed by atoms with Crippen LogP contribution in [0.15, 0.2) is 23.1 Å². The molecule has 0 spiro atoms. The number of rotatable bonds is 6. The summed E-state index contributed by atoms with van der Waals surface area (Å²) in [6.07, 6.45) is 5.42. The highest BCUT2D eigenvalue weighted by Gasteiger charge is 2.26. The van der Waals surface area contributed by atoms with Gasteiger partial charge in [-0.1, -0.05) is 43.9 Å². The number of thioether (sulfide) groups is 1. The van der Waals surface area contributed by atoms with E-state index in [2.05, 4.69) is 41.3 Å². The molecule has 0 saturated heterocycles. The predicted octanol–water partition coefficient (Wildman–Crippen LogP) is 2.37. The molecule has 8 heteroatoms. The molecular weight excluding hydrogens is 318 g/mol. The van der Waals surface area contributed by atoms with Crippen molar-refractivity contribution in [1.29, 1.82) is 0 Å². The lowest BCUT2D eigenvalue weighted by molar-refractivity contribution is -0.120. The first kappa shape index (κ1) is 17.0. The summed E-state index contributed by atoms with van der Waals surface area (Å²) in [7, 11) is 0. The van der Waals surface area contributed by atoms with Crippen LogP contribution >= 0.6 is 23.1 Å². The third-order valence-corrected chi connectivity index (χ3v) is 5.14. The fourth-order valence-corrected chi connectivity index (χ4v) is 3.47. The highest BCUT2D eigenvalue weighted by Crippen LogP contribution is 2.23. The summed E-state index contributed by atoms with van der Waals surface area (Å²) in [5.41, 5.74) is -0.0378. The Morgan fingerprint density at radius 3 is 2.77 bits per heavy atom. The molecule has 0 aliphatic heterocycles. The number of aryl methyl sites for hydroxylation is 1. The largest absolute Gasteiger partial charge is 0.350 e. The highest BCUT2D eigenvalue weighted by molar-refractivity contribution is 8.01. The van der Waals surface area contributed by atoms with Gasteiger partial charge in [-0.3, -0.25) is 4.79 Å². The van der Waals surface area contributed by atoms with Gasteiger partial charge in [0.25, 0.3) is 0 Å². The van der Waals surface area contributed by atoms with Crippen LogP contribution in [0.3, 0.4) is 0 Å². The minimum absolute atomic E-state index is 0.0119. The van der Waals surface area contributed by atoms with E-state index < -0.39 is 0 Å². The summed E-state index contributed by atoms with van der Waals surface area (Å²) in [6, 6.07) is 0.0333. The van der Waals surface area contributed by atoms with Crippen LogP contribution in [-0.4, -0.2) is 37.5 Å². The van der Waals surface area contributed by atoms with Crippen molar-refractivity contribution in [2.45, 2.75) is 44.6 Å². The summed E-state index contributed by atoms with van der Waals surface area (Å²) in [5.74, 6) is 0.364. The second kappa shape index (κ2) is 7.23. The average Bonchev–Trinajstić information content (AvgIpc) is 3.06. The van der Waals surface area contributed by atoms with Crippen LogP contribution < -0.4 is 5.32 Å². The number of aromatic nitrogens is 4. The fraction of sp³-hybridized carbons (Fsp3) is 0.571. The van der Waals surface area contributed by atoms with Crippen LogP contribution in [0.4, 0.5) is 0 Å². The van der Waals surface area contributed by atoms with Crippen molar-refractivity contribution in [2.75, 3.05) is 5.75 Å². The molecule has 0 aliphatic carbocycles. The lowest BCUT2D eigenvalue weighted by Gasteiger charge is -2.31. The summed E-state index contributed by atoms with van der Waals surface area (Å²) in [5, 5.41) is 12.0. The zero-order chi connectivity index (χ0) is 16.2. The second-order valence-electron chi connectivity index (χ2n) is 6.12. The molecular formula is C14H21N5OS2. The zero-order valence-corrected chi connectivity index (χ0v) is 14.9. The zero-order valence-electron chi connectivity index (χ0n) is 13.2. The van der Waals surface area contributed by atoms with Gasteiger partial charge in [0, 0.05) is 18.9 Å². The predicted molar refractivity (Wildman–Crippen MR) is 89.0 cm³/mol. The number of carbonyl (C=O) groups excluding carboxylic acids is 1. The van der Waals surface area contributed by atoms with E-state index in [1.165, 1.54) is 23.1 Å². The van der Waals surface area contributed by atoms with Gasteiger partial charge >= 0.3 is 0 Å². The Labute approximate surface area is 138 Å².